The molecule has 0 spiro atoms. The van der Waals surface area contributed by atoms with Gasteiger partial charge in [-0.3, -0.25) is 10.1 Å². The average molecular weight is 418 g/mol. The largest absolute Gasteiger partial charge is 0.333 e. The quantitative estimate of drug-likeness (QED) is 0.346. The van der Waals surface area contributed by atoms with Gasteiger partial charge in [0.05, 0.1) is 16.7 Å². The lowest BCUT2D eigenvalue weighted by molar-refractivity contribution is -0.420. The number of hydrogen-bond donors (Lipinski definition) is 0. The summed E-state index contributed by atoms with van der Waals surface area (Å²) in [5, 5.41) is 14.3. The zero-order chi connectivity index (χ0) is 21.7. The second-order valence-corrected chi connectivity index (χ2v) is 8.47. The summed E-state index contributed by atoms with van der Waals surface area (Å²) < 4.78 is 0. The first-order chi connectivity index (χ1) is 15.7. The number of nitrogens with zero attached hydrogens (tertiary/aromatic N) is 2. The molecule has 0 amide bonds. The number of rotatable bonds is 3. The van der Waals surface area contributed by atoms with Crippen molar-refractivity contribution >= 4 is 22.1 Å². The maximum absolute atomic E-state index is 11.8. The minimum Gasteiger partial charge on any atom is -0.333 e. The molecule has 2 unspecified atom stereocenters. The van der Waals surface area contributed by atoms with Gasteiger partial charge in [0.2, 0.25) is 0 Å². The van der Waals surface area contributed by atoms with Crippen molar-refractivity contribution in [3.05, 3.63) is 130 Å². The number of fused-ring (bicyclic) bond motifs is 5. The minimum atomic E-state index is -0.232. The van der Waals surface area contributed by atoms with Gasteiger partial charge in [0, 0.05) is 28.6 Å². The van der Waals surface area contributed by atoms with E-state index in [1.165, 1.54) is 22.0 Å². The molecule has 1 aliphatic heterocycles. The molecule has 0 saturated carbocycles. The van der Waals surface area contributed by atoms with Crippen molar-refractivity contribution in [2.75, 3.05) is 4.90 Å². The van der Waals surface area contributed by atoms with Crippen LogP contribution >= 0.6 is 0 Å². The lowest BCUT2D eigenvalue weighted by Gasteiger charge is -2.32. The molecule has 3 aromatic rings. The van der Waals surface area contributed by atoms with Crippen molar-refractivity contribution in [3.8, 4) is 0 Å². The lowest BCUT2D eigenvalue weighted by atomic mass is 9.78. The summed E-state index contributed by atoms with van der Waals surface area (Å²) in [7, 11) is 0. The summed E-state index contributed by atoms with van der Waals surface area (Å²) in [6.07, 6.45) is 11.5. The molecule has 32 heavy (non-hydrogen) atoms. The van der Waals surface area contributed by atoms with Crippen LogP contribution in [0.1, 0.15) is 24.3 Å². The SMILES string of the molecule is O=[N+]([O-])C1=C(C2=CC=CC3C2c2ccc4ccccc4c2N3c2ccccc2)CCC=C1. The van der Waals surface area contributed by atoms with Crippen LogP contribution in [0.2, 0.25) is 0 Å². The third-order valence-electron chi connectivity index (χ3n) is 6.79. The molecule has 3 aliphatic rings. The minimum absolute atomic E-state index is 0.0521. The molecule has 3 aromatic carbocycles. The number of nitro groups is 1. The Morgan fingerprint density at radius 1 is 0.969 bits per heavy atom. The van der Waals surface area contributed by atoms with Gasteiger partial charge in [0.1, 0.15) is 0 Å². The summed E-state index contributed by atoms with van der Waals surface area (Å²) >= 11 is 0. The van der Waals surface area contributed by atoms with Crippen LogP contribution in [0.4, 0.5) is 11.4 Å². The van der Waals surface area contributed by atoms with Crippen molar-refractivity contribution in [3.63, 3.8) is 0 Å². The fourth-order valence-corrected chi connectivity index (χ4v) is 5.49. The topological polar surface area (TPSA) is 46.4 Å². The van der Waals surface area contributed by atoms with Crippen molar-refractivity contribution in [2.24, 2.45) is 0 Å². The van der Waals surface area contributed by atoms with E-state index in [4.69, 9.17) is 0 Å². The smallest absolute Gasteiger partial charge is 0.272 e. The standard InChI is InChI=1S/C28H22N2O2/c31-30(32)25-15-7-6-13-22(25)23-14-8-16-26-27(23)24-18-17-19-9-4-5-12-21(19)28(24)29(26)20-10-2-1-3-11-20/h1-5,7-12,14-18,26-27H,6,13H2. The predicted molar refractivity (Wildman–Crippen MR) is 129 cm³/mol. The zero-order valence-electron chi connectivity index (χ0n) is 17.5. The predicted octanol–water partition coefficient (Wildman–Crippen LogP) is 6.82. The Labute approximate surface area is 186 Å². The second-order valence-electron chi connectivity index (χ2n) is 8.47. The first-order valence-electron chi connectivity index (χ1n) is 11.0. The van der Waals surface area contributed by atoms with E-state index in [9.17, 15) is 10.1 Å². The number of benzene rings is 3. The highest BCUT2D eigenvalue weighted by atomic mass is 16.6. The normalized spacial score (nSPS) is 21.5. The number of anilines is 2. The molecule has 0 fully saturated rings. The summed E-state index contributed by atoms with van der Waals surface area (Å²) in [6, 6.07) is 23.4. The molecule has 0 saturated heterocycles. The maximum atomic E-state index is 11.8. The number of allylic oxidation sites excluding steroid dienone is 5. The van der Waals surface area contributed by atoms with Crippen molar-refractivity contribution in [1.29, 1.82) is 0 Å². The Hall–Kier alpha value is -3.92. The summed E-state index contributed by atoms with van der Waals surface area (Å²) in [6.45, 7) is 0. The van der Waals surface area contributed by atoms with Gasteiger partial charge in [0.25, 0.3) is 5.70 Å². The molecular weight excluding hydrogens is 396 g/mol. The molecule has 0 bridgehead atoms. The highest BCUT2D eigenvalue weighted by Gasteiger charge is 2.43. The van der Waals surface area contributed by atoms with E-state index in [1.807, 2.05) is 12.1 Å². The molecule has 156 valence electrons. The molecule has 1 heterocycles. The Kier molecular flexibility index (Phi) is 4.32. The van der Waals surface area contributed by atoms with E-state index in [2.05, 4.69) is 83.8 Å². The summed E-state index contributed by atoms with van der Waals surface area (Å²) in [5.74, 6) is 0.0521. The lowest BCUT2D eigenvalue weighted by Crippen LogP contribution is -2.31. The van der Waals surface area contributed by atoms with Crippen LogP contribution in [0.25, 0.3) is 10.8 Å². The molecule has 4 nitrogen and oxygen atoms in total. The van der Waals surface area contributed by atoms with E-state index < -0.39 is 0 Å². The fourth-order valence-electron chi connectivity index (χ4n) is 5.49. The molecule has 0 aromatic heterocycles. The van der Waals surface area contributed by atoms with Gasteiger partial charge in [-0.15, -0.1) is 0 Å². The second kappa shape index (κ2) is 7.34. The summed E-state index contributed by atoms with van der Waals surface area (Å²) in [5.41, 5.74) is 5.75. The molecule has 0 radical (unpaired) electrons. The van der Waals surface area contributed by atoms with Crippen LogP contribution in [0.3, 0.4) is 0 Å². The van der Waals surface area contributed by atoms with Gasteiger partial charge in [-0.2, -0.15) is 0 Å². The highest BCUT2D eigenvalue weighted by molar-refractivity contribution is 6.00. The van der Waals surface area contributed by atoms with E-state index in [1.54, 1.807) is 6.08 Å². The maximum Gasteiger partial charge on any atom is 0.272 e. The van der Waals surface area contributed by atoms with Gasteiger partial charge >= 0.3 is 0 Å². The summed E-state index contributed by atoms with van der Waals surface area (Å²) in [4.78, 5) is 14.0. The number of hydrogen-bond acceptors (Lipinski definition) is 3. The zero-order valence-corrected chi connectivity index (χ0v) is 17.5. The first kappa shape index (κ1) is 18.8. The third-order valence-corrected chi connectivity index (χ3v) is 6.79. The van der Waals surface area contributed by atoms with Gasteiger partial charge < -0.3 is 4.90 Å². The van der Waals surface area contributed by atoms with Gasteiger partial charge in [-0.1, -0.05) is 78.9 Å². The van der Waals surface area contributed by atoms with Crippen molar-refractivity contribution < 1.29 is 4.92 Å². The average Bonchev–Trinajstić information content (AvgIpc) is 3.19. The van der Waals surface area contributed by atoms with Gasteiger partial charge in [-0.05, 0) is 41.5 Å². The molecule has 2 atom stereocenters. The van der Waals surface area contributed by atoms with Gasteiger partial charge in [-0.25, -0.2) is 0 Å². The van der Waals surface area contributed by atoms with E-state index in [0.717, 1.165) is 23.3 Å². The fraction of sp³-hybridized carbons (Fsp3) is 0.143. The number of para-hydroxylation sites is 1. The molecular formula is C28H22N2O2. The van der Waals surface area contributed by atoms with E-state index >= 15 is 0 Å². The van der Waals surface area contributed by atoms with Crippen LogP contribution in [-0.4, -0.2) is 11.0 Å². The Morgan fingerprint density at radius 2 is 1.78 bits per heavy atom. The molecule has 4 heteroatoms. The molecule has 2 aliphatic carbocycles. The van der Waals surface area contributed by atoms with E-state index in [0.29, 0.717) is 6.42 Å². The Balaban J connectivity index is 1.61. The Bertz CT molecular complexity index is 1360. The highest BCUT2D eigenvalue weighted by Crippen LogP contribution is 2.54. The van der Waals surface area contributed by atoms with Crippen LogP contribution in [0, 0.1) is 10.1 Å². The van der Waals surface area contributed by atoms with Crippen LogP contribution < -0.4 is 4.90 Å². The molecule has 6 rings (SSSR count). The van der Waals surface area contributed by atoms with Crippen molar-refractivity contribution in [2.45, 2.75) is 24.8 Å². The van der Waals surface area contributed by atoms with E-state index in [-0.39, 0.29) is 22.6 Å². The first-order valence-corrected chi connectivity index (χ1v) is 11.0. The van der Waals surface area contributed by atoms with Crippen LogP contribution in [0.5, 0.6) is 0 Å². The Morgan fingerprint density at radius 3 is 2.62 bits per heavy atom. The molecule has 0 N–H and O–H groups in total. The monoisotopic (exact) mass is 418 g/mol. The van der Waals surface area contributed by atoms with Gasteiger partial charge in [0.15, 0.2) is 0 Å². The van der Waals surface area contributed by atoms with Crippen molar-refractivity contribution in [1.82, 2.24) is 0 Å². The third kappa shape index (κ3) is 2.76. The van der Waals surface area contributed by atoms with Crippen LogP contribution in [0.15, 0.2) is 114 Å². The van der Waals surface area contributed by atoms with Crippen LogP contribution in [-0.2, 0) is 0 Å².